The fourth-order valence-corrected chi connectivity index (χ4v) is 3.18. The molecule has 1 aliphatic rings. The molecule has 1 aromatic carbocycles. The van der Waals surface area contributed by atoms with Crippen LogP contribution in [0.5, 0.6) is 11.5 Å². The summed E-state index contributed by atoms with van der Waals surface area (Å²) in [6, 6.07) is 2.24. The first-order chi connectivity index (χ1) is 12.8. The number of ether oxygens (including phenoxy) is 3. The summed E-state index contributed by atoms with van der Waals surface area (Å²) in [6.45, 7) is 7.64. The lowest BCUT2D eigenvalue weighted by molar-refractivity contribution is -0.143. The number of carbonyl (C=O) groups is 2. The zero-order valence-electron chi connectivity index (χ0n) is 16.1. The first-order valence-corrected chi connectivity index (χ1v) is 9.21. The number of hydrogen-bond donors (Lipinski definition) is 2. The van der Waals surface area contributed by atoms with Gasteiger partial charge in [0.2, 0.25) is 0 Å². The summed E-state index contributed by atoms with van der Waals surface area (Å²) < 4.78 is 16.3. The van der Waals surface area contributed by atoms with Crippen LogP contribution >= 0.6 is 11.6 Å². The Morgan fingerprint density at radius 1 is 1.30 bits per heavy atom. The molecule has 0 spiro atoms. The number of carbonyl (C=O) groups excluding carboxylic acids is 2. The molecule has 2 rings (SSSR count). The minimum atomic E-state index is -0.720. The van der Waals surface area contributed by atoms with Gasteiger partial charge in [0.25, 0.3) is 0 Å². The number of urea groups is 1. The fourth-order valence-electron chi connectivity index (χ4n) is 2.88. The number of benzene rings is 1. The zero-order chi connectivity index (χ0) is 20.1. The smallest absolute Gasteiger partial charge is 0.338 e. The van der Waals surface area contributed by atoms with Crippen molar-refractivity contribution in [2.75, 3.05) is 13.7 Å². The first kappa shape index (κ1) is 20.9. The van der Waals surface area contributed by atoms with Crippen LogP contribution in [-0.2, 0) is 9.53 Å². The normalized spacial score (nSPS) is 16.7. The molecule has 1 aliphatic heterocycles. The third kappa shape index (κ3) is 4.66. The van der Waals surface area contributed by atoms with Gasteiger partial charge in [-0.15, -0.1) is 0 Å². The van der Waals surface area contributed by atoms with Crippen LogP contribution in [0.15, 0.2) is 23.4 Å². The quantitative estimate of drug-likeness (QED) is 0.686. The zero-order valence-corrected chi connectivity index (χ0v) is 16.9. The molecular weight excluding hydrogens is 372 g/mol. The molecule has 0 aromatic heterocycles. The number of hydrogen-bond acceptors (Lipinski definition) is 5. The molecule has 0 aliphatic carbocycles. The van der Waals surface area contributed by atoms with Gasteiger partial charge in [0.05, 0.1) is 36.5 Å². The highest BCUT2D eigenvalue weighted by molar-refractivity contribution is 6.32. The van der Waals surface area contributed by atoms with Crippen molar-refractivity contribution >= 4 is 23.6 Å². The van der Waals surface area contributed by atoms with Crippen LogP contribution in [0.4, 0.5) is 4.79 Å². The molecule has 7 nitrogen and oxygen atoms in total. The molecular formula is C19H25ClN2O5. The van der Waals surface area contributed by atoms with Crippen molar-refractivity contribution in [3.05, 3.63) is 34.0 Å². The highest BCUT2D eigenvalue weighted by Gasteiger charge is 2.34. The Kier molecular flexibility index (Phi) is 6.96. The second kappa shape index (κ2) is 8.99. The van der Waals surface area contributed by atoms with Crippen LogP contribution in [0.3, 0.4) is 0 Å². The number of allylic oxidation sites excluding steroid dienone is 1. The van der Waals surface area contributed by atoms with Crippen molar-refractivity contribution in [2.45, 2.75) is 46.3 Å². The highest BCUT2D eigenvalue weighted by Crippen LogP contribution is 2.40. The van der Waals surface area contributed by atoms with Crippen LogP contribution in [0, 0.1) is 0 Å². The maximum atomic E-state index is 12.7. The molecule has 148 valence electrons. The predicted molar refractivity (Wildman–Crippen MR) is 102 cm³/mol. The van der Waals surface area contributed by atoms with E-state index in [0.717, 1.165) is 0 Å². The topological polar surface area (TPSA) is 85.9 Å². The van der Waals surface area contributed by atoms with Crippen LogP contribution in [0.2, 0.25) is 5.02 Å². The van der Waals surface area contributed by atoms with Gasteiger partial charge in [-0.25, -0.2) is 9.59 Å². The number of amides is 2. The number of nitrogens with one attached hydrogen (secondary N) is 2. The molecule has 2 N–H and O–H groups in total. The van der Waals surface area contributed by atoms with Crippen LogP contribution < -0.4 is 20.1 Å². The Morgan fingerprint density at radius 3 is 2.56 bits per heavy atom. The standard InChI is InChI=1S/C19H25ClN2O5/c1-6-13-15(18(23)27-10(3)4)16(22-19(24)21-13)11-8-12(20)17(25-5)14(9-11)26-7-2/h8-10,16H,6-7H2,1-5H3,(H2,21,22,24). The van der Waals surface area contributed by atoms with Crippen molar-refractivity contribution in [2.24, 2.45) is 0 Å². The molecule has 1 unspecified atom stereocenters. The molecule has 0 saturated heterocycles. The maximum absolute atomic E-state index is 12.7. The molecule has 0 bridgehead atoms. The number of methoxy groups -OCH3 is 1. The van der Waals surface area contributed by atoms with Crippen molar-refractivity contribution in [3.8, 4) is 11.5 Å². The lowest BCUT2D eigenvalue weighted by Gasteiger charge is -2.30. The average molecular weight is 397 g/mol. The van der Waals surface area contributed by atoms with E-state index in [4.69, 9.17) is 25.8 Å². The lowest BCUT2D eigenvalue weighted by atomic mass is 9.94. The van der Waals surface area contributed by atoms with Crippen molar-refractivity contribution in [1.82, 2.24) is 10.6 Å². The summed E-state index contributed by atoms with van der Waals surface area (Å²) in [4.78, 5) is 24.9. The van der Waals surface area contributed by atoms with E-state index in [-0.39, 0.29) is 6.10 Å². The van der Waals surface area contributed by atoms with Gasteiger partial charge in [0, 0.05) is 5.70 Å². The number of halogens is 1. The van der Waals surface area contributed by atoms with Crippen molar-refractivity contribution < 1.29 is 23.8 Å². The average Bonchev–Trinajstić information content (AvgIpc) is 2.60. The molecule has 2 amide bonds. The fraction of sp³-hybridized carbons (Fsp3) is 0.474. The van der Waals surface area contributed by atoms with E-state index in [2.05, 4.69) is 10.6 Å². The van der Waals surface area contributed by atoms with Gasteiger partial charge in [-0.3, -0.25) is 0 Å². The summed E-state index contributed by atoms with van der Waals surface area (Å²) in [6.07, 6.45) is 0.175. The summed E-state index contributed by atoms with van der Waals surface area (Å²) in [5, 5.41) is 5.78. The molecule has 27 heavy (non-hydrogen) atoms. The molecule has 0 fully saturated rings. The van der Waals surface area contributed by atoms with Gasteiger partial charge < -0.3 is 24.8 Å². The van der Waals surface area contributed by atoms with Crippen LogP contribution in [-0.4, -0.2) is 31.8 Å². The summed E-state index contributed by atoms with van der Waals surface area (Å²) in [5.74, 6) is 0.336. The van der Waals surface area contributed by atoms with Gasteiger partial charge in [0.1, 0.15) is 0 Å². The van der Waals surface area contributed by atoms with E-state index in [0.29, 0.717) is 46.4 Å². The van der Waals surface area contributed by atoms with E-state index in [1.807, 2.05) is 13.8 Å². The molecule has 8 heteroatoms. The van der Waals surface area contributed by atoms with E-state index < -0.39 is 18.0 Å². The second-order valence-corrected chi connectivity index (χ2v) is 6.61. The Labute approximate surface area is 164 Å². The molecule has 1 atom stereocenters. The molecule has 0 radical (unpaired) electrons. The van der Waals surface area contributed by atoms with Gasteiger partial charge >= 0.3 is 12.0 Å². The van der Waals surface area contributed by atoms with Crippen molar-refractivity contribution in [3.63, 3.8) is 0 Å². The summed E-state index contributed by atoms with van der Waals surface area (Å²) in [7, 11) is 1.50. The monoisotopic (exact) mass is 396 g/mol. The van der Waals surface area contributed by atoms with E-state index in [9.17, 15) is 9.59 Å². The lowest BCUT2D eigenvalue weighted by Crippen LogP contribution is -2.46. The summed E-state index contributed by atoms with van der Waals surface area (Å²) in [5.41, 5.74) is 1.45. The Morgan fingerprint density at radius 2 is 2.00 bits per heavy atom. The molecule has 1 aromatic rings. The summed E-state index contributed by atoms with van der Waals surface area (Å²) >= 11 is 6.34. The van der Waals surface area contributed by atoms with Gasteiger partial charge in [-0.05, 0) is 44.9 Å². The van der Waals surface area contributed by atoms with Gasteiger partial charge in [-0.2, -0.15) is 0 Å². The van der Waals surface area contributed by atoms with E-state index >= 15 is 0 Å². The second-order valence-electron chi connectivity index (χ2n) is 6.20. The number of rotatable bonds is 7. The molecule has 1 heterocycles. The van der Waals surface area contributed by atoms with Crippen molar-refractivity contribution in [1.29, 1.82) is 0 Å². The Balaban J connectivity index is 2.59. The van der Waals surface area contributed by atoms with E-state index in [1.165, 1.54) is 7.11 Å². The third-order valence-electron chi connectivity index (χ3n) is 3.94. The minimum Gasteiger partial charge on any atom is -0.491 e. The Bertz CT molecular complexity index is 761. The minimum absolute atomic E-state index is 0.292. The predicted octanol–water partition coefficient (Wildman–Crippen LogP) is 3.72. The van der Waals surface area contributed by atoms with Crippen LogP contribution in [0.1, 0.15) is 45.7 Å². The molecule has 0 saturated carbocycles. The first-order valence-electron chi connectivity index (χ1n) is 8.84. The largest absolute Gasteiger partial charge is 0.491 e. The van der Waals surface area contributed by atoms with Crippen LogP contribution in [0.25, 0.3) is 0 Å². The van der Waals surface area contributed by atoms with Gasteiger partial charge in [0.15, 0.2) is 11.5 Å². The highest BCUT2D eigenvalue weighted by atomic mass is 35.5. The van der Waals surface area contributed by atoms with Gasteiger partial charge in [-0.1, -0.05) is 18.5 Å². The third-order valence-corrected chi connectivity index (χ3v) is 4.22. The maximum Gasteiger partial charge on any atom is 0.338 e. The SMILES string of the molecule is CCOc1cc(C2NC(=O)NC(CC)=C2C(=O)OC(C)C)cc(Cl)c1OC. The van der Waals surface area contributed by atoms with E-state index in [1.54, 1.807) is 26.0 Å². The Hall–Kier alpha value is -2.41. The number of esters is 1.